The van der Waals surface area contributed by atoms with Crippen molar-refractivity contribution in [2.45, 2.75) is 33.7 Å². The van der Waals surface area contributed by atoms with Gasteiger partial charge in [-0.25, -0.2) is 9.78 Å². The van der Waals surface area contributed by atoms with Crippen molar-refractivity contribution in [1.82, 2.24) is 9.55 Å². The summed E-state index contributed by atoms with van der Waals surface area (Å²) in [4.78, 5) is 43.9. The van der Waals surface area contributed by atoms with Crippen molar-refractivity contribution >= 4 is 39.1 Å². The van der Waals surface area contributed by atoms with Crippen LogP contribution in [0.15, 0.2) is 59.7 Å². The zero-order chi connectivity index (χ0) is 25.8. The maximum absolute atomic E-state index is 13.3. The van der Waals surface area contributed by atoms with Crippen LogP contribution >= 0.6 is 11.3 Å². The number of esters is 1. The van der Waals surface area contributed by atoms with Crippen LogP contribution in [0.1, 0.15) is 39.3 Å². The summed E-state index contributed by atoms with van der Waals surface area (Å²) in [5.74, 6) is -0.193. The predicted octanol–water partition coefficient (Wildman–Crippen LogP) is 4.82. The Morgan fingerprint density at radius 3 is 2.56 bits per heavy atom. The van der Waals surface area contributed by atoms with E-state index in [0.29, 0.717) is 32.1 Å². The molecule has 1 atom stereocenters. The number of nitrogens with one attached hydrogen (secondary N) is 1. The number of carbonyl (C=O) groups excluding carboxylic acids is 2. The summed E-state index contributed by atoms with van der Waals surface area (Å²) in [7, 11) is 0. The first-order valence-electron chi connectivity index (χ1n) is 11.5. The maximum Gasteiger partial charge on any atom is 0.348 e. The average Bonchev–Trinajstić information content (AvgIpc) is 3.21. The minimum Gasteiger partial charge on any atom is -0.490 e. The Hall–Kier alpha value is -3.98. The standard InChI is InChI=1S/C27H27N3O5S/c1-16-10-11-21(17(2)14-16)29-24(31)19(4)30-15-28-25-22(26(30)32)18(3)23(36-25)27(33)35-13-12-34-20-8-6-5-7-9-20/h5-11,14-15,19H,12-13H2,1-4H3,(H,29,31). The zero-order valence-corrected chi connectivity index (χ0v) is 21.3. The summed E-state index contributed by atoms with van der Waals surface area (Å²) >= 11 is 1.09. The van der Waals surface area contributed by atoms with Gasteiger partial charge in [-0.05, 0) is 57.0 Å². The van der Waals surface area contributed by atoms with Crippen LogP contribution in [-0.4, -0.2) is 34.6 Å². The summed E-state index contributed by atoms with van der Waals surface area (Å²) in [5.41, 5.74) is 2.81. The molecule has 2 heterocycles. The van der Waals surface area contributed by atoms with E-state index in [0.717, 1.165) is 22.5 Å². The number of hydrogen-bond acceptors (Lipinski definition) is 7. The van der Waals surface area contributed by atoms with Crippen molar-refractivity contribution in [3.63, 3.8) is 0 Å². The second-order valence-electron chi connectivity index (χ2n) is 8.47. The molecule has 0 saturated carbocycles. The number of thiophene rings is 1. The van der Waals surface area contributed by atoms with Gasteiger partial charge in [-0.3, -0.25) is 14.2 Å². The molecule has 1 amide bonds. The average molecular weight is 506 g/mol. The van der Waals surface area contributed by atoms with E-state index in [1.807, 2.05) is 62.4 Å². The summed E-state index contributed by atoms with van der Waals surface area (Å²) < 4.78 is 12.2. The molecule has 0 bridgehead atoms. The molecule has 0 aliphatic carbocycles. The third-order valence-electron chi connectivity index (χ3n) is 5.83. The molecule has 8 nitrogen and oxygen atoms in total. The molecular formula is C27H27N3O5S. The Morgan fingerprint density at radius 1 is 1.08 bits per heavy atom. The van der Waals surface area contributed by atoms with E-state index in [9.17, 15) is 14.4 Å². The van der Waals surface area contributed by atoms with Crippen LogP contribution in [0.3, 0.4) is 0 Å². The van der Waals surface area contributed by atoms with E-state index < -0.39 is 12.0 Å². The number of hydrogen-bond donors (Lipinski definition) is 1. The molecule has 36 heavy (non-hydrogen) atoms. The van der Waals surface area contributed by atoms with E-state index in [1.54, 1.807) is 13.8 Å². The number of aromatic nitrogens is 2. The van der Waals surface area contributed by atoms with Gasteiger partial charge in [0.25, 0.3) is 5.56 Å². The largest absolute Gasteiger partial charge is 0.490 e. The topological polar surface area (TPSA) is 99.5 Å². The number of para-hydroxylation sites is 1. The smallest absolute Gasteiger partial charge is 0.348 e. The van der Waals surface area contributed by atoms with Gasteiger partial charge in [0.05, 0.1) is 11.7 Å². The van der Waals surface area contributed by atoms with Crippen molar-refractivity contribution in [2.75, 3.05) is 18.5 Å². The van der Waals surface area contributed by atoms with Gasteiger partial charge in [-0.1, -0.05) is 35.9 Å². The zero-order valence-electron chi connectivity index (χ0n) is 20.5. The number of benzene rings is 2. The molecule has 0 aliphatic heterocycles. The molecule has 0 spiro atoms. The van der Waals surface area contributed by atoms with Gasteiger partial charge in [-0.2, -0.15) is 0 Å². The van der Waals surface area contributed by atoms with E-state index in [4.69, 9.17) is 9.47 Å². The molecule has 2 aromatic heterocycles. The Bertz CT molecular complexity index is 1480. The molecule has 0 radical (unpaired) electrons. The second-order valence-corrected chi connectivity index (χ2v) is 9.47. The van der Waals surface area contributed by atoms with E-state index in [-0.39, 0.29) is 24.7 Å². The highest BCUT2D eigenvalue weighted by atomic mass is 32.1. The lowest BCUT2D eigenvalue weighted by molar-refractivity contribution is -0.118. The number of nitrogens with zero attached hydrogens (tertiary/aromatic N) is 2. The first-order valence-corrected chi connectivity index (χ1v) is 12.3. The molecule has 0 aliphatic rings. The molecule has 1 unspecified atom stereocenters. The third-order valence-corrected chi connectivity index (χ3v) is 7.01. The van der Waals surface area contributed by atoms with Crippen LogP contribution in [0, 0.1) is 20.8 Å². The number of rotatable bonds is 8. The molecule has 186 valence electrons. The van der Waals surface area contributed by atoms with Gasteiger partial charge in [0, 0.05) is 5.69 Å². The van der Waals surface area contributed by atoms with Gasteiger partial charge in [0.1, 0.15) is 34.7 Å². The van der Waals surface area contributed by atoms with Crippen LogP contribution in [0.4, 0.5) is 5.69 Å². The summed E-state index contributed by atoms with van der Waals surface area (Å²) in [5, 5.41) is 3.19. The van der Waals surface area contributed by atoms with Gasteiger partial charge < -0.3 is 14.8 Å². The number of aryl methyl sites for hydroxylation is 3. The van der Waals surface area contributed by atoms with Crippen LogP contribution < -0.4 is 15.6 Å². The number of carbonyl (C=O) groups is 2. The second kappa shape index (κ2) is 10.7. The predicted molar refractivity (Wildman–Crippen MR) is 140 cm³/mol. The van der Waals surface area contributed by atoms with Gasteiger partial charge in [0.15, 0.2) is 0 Å². The fourth-order valence-electron chi connectivity index (χ4n) is 3.80. The highest BCUT2D eigenvalue weighted by Crippen LogP contribution is 2.28. The molecule has 4 rings (SSSR count). The first kappa shape index (κ1) is 25.1. The summed E-state index contributed by atoms with van der Waals surface area (Å²) in [6.07, 6.45) is 1.34. The van der Waals surface area contributed by atoms with Crippen molar-refractivity contribution < 1.29 is 19.1 Å². The van der Waals surface area contributed by atoms with Crippen molar-refractivity contribution in [3.05, 3.63) is 86.8 Å². The minimum atomic E-state index is -0.806. The number of anilines is 1. The van der Waals surface area contributed by atoms with Crippen molar-refractivity contribution in [1.29, 1.82) is 0 Å². The van der Waals surface area contributed by atoms with E-state index in [2.05, 4.69) is 10.3 Å². The Balaban J connectivity index is 1.48. The Kier molecular flexibility index (Phi) is 7.49. The monoisotopic (exact) mass is 505 g/mol. The summed E-state index contributed by atoms with van der Waals surface area (Å²) in [6.45, 7) is 7.48. The number of amides is 1. The minimum absolute atomic E-state index is 0.0642. The van der Waals surface area contributed by atoms with Gasteiger partial charge in [-0.15, -0.1) is 11.3 Å². The molecule has 1 N–H and O–H groups in total. The third kappa shape index (κ3) is 5.31. The maximum atomic E-state index is 13.3. The van der Waals surface area contributed by atoms with E-state index in [1.165, 1.54) is 10.9 Å². The molecule has 0 saturated heterocycles. The first-order chi connectivity index (χ1) is 17.3. The summed E-state index contributed by atoms with van der Waals surface area (Å²) in [6, 6.07) is 14.2. The van der Waals surface area contributed by atoms with Crippen molar-refractivity contribution in [3.8, 4) is 5.75 Å². The molecule has 0 fully saturated rings. The van der Waals surface area contributed by atoms with Crippen molar-refractivity contribution in [2.24, 2.45) is 0 Å². The highest BCUT2D eigenvalue weighted by Gasteiger charge is 2.24. The van der Waals surface area contributed by atoms with Crippen LogP contribution in [0.5, 0.6) is 5.75 Å². The Morgan fingerprint density at radius 2 is 1.83 bits per heavy atom. The SMILES string of the molecule is Cc1ccc(NC(=O)C(C)n2cnc3sc(C(=O)OCCOc4ccccc4)c(C)c3c2=O)c(C)c1. The molecule has 2 aromatic carbocycles. The normalized spacial score (nSPS) is 11.8. The molecule has 9 heteroatoms. The lowest BCUT2D eigenvalue weighted by Crippen LogP contribution is -2.32. The van der Waals surface area contributed by atoms with Crippen LogP contribution in [0.2, 0.25) is 0 Å². The Labute approximate surface area is 212 Å². The lowest BCUT2D eigenvalue weighted by atomic mass is 10.1. The number of ether oxygens (including phenoxy) is 2. The molecular weight excluding hydrogens is 478 g/mol. The quantitative estimate of drug-likeness (QED) is 0.272. The van der Waals surface area contributed by atoms with Gasteiger partial charge >= 0.3 is 5.97 Å². The fourth-order valence-corrected chi connectivity index (χ4v) is 4.83. The van der Waals surface area contributed by atoms with Crippen LogP contribution in [0.25, 0.3) is 10.2 Å². The lowest BCUT2D eigenvalue weighted by Gasteiger charge is -2.16. The number of fused-ring (bicyclic) bond motifs is 1. The van der Waals surface area contributed by atoms with Gasteiger partial charge in [0.2, 0.25) is 5.91 Å². The highest BCUT2D eigenvalue weighted by molar-refractivity contribution is 7.20. The molecule has 4 aromatic rings. The van der Waals surface area contributed by atoms with E-state index >= 15 is 0 Å². The van der Waals surface area contributed by atoms with Crippen LogP contribution in [-0.2, 0) is 9.53 Å². The fraction of sp³-hybridized carbons (Fsp3) is 0.259.